The molecule has 1 aromatic carbocycles. The van der Waals surface area contributed by atoms with Crippen molar-refractivity contribution in [2.75, 3.05) is 13.1 Å². The molecular formula is C22H24N4O4. The number of hydrogen-bond acceptors (Lipinski definition) is 6. The van der Waals surface area contributed by atoms with Gasteiger partial charge in [-0.1, -0.05) is 6.07 Å². The van der Waals surface area contributed by atoms with Crippen molar-refractivity contribution in [3.63, 3.8) is 0 Å². The van der Waals surface area contributed by atoms with Gasteiger partial charge in [-0.3, -0.25) is 19.1 Å². The van der Waals surface area contributed by atoms with Crippen LogP contribution in [0.5, 0.6) is 11.6 Å². The summed E-state index contributed by atoms with van der Waals surface area (Å²) in [5, 5.41) is 30.2. The Balaban J connectivity index is 1.93. The first-order chi connectivity index (χ1) is 14.3. The number of phenolic OH excluding ortho intramolecular Hbond substituents is 1. The summed E-state index contributed by atoms with van der Waals surface area (Å²) in [6.45, 7) is 4.79. The number of rotatable bonds is 6. The number of likely N-dealkylation sites (tertiary alicyclic amines) is 1. The number of nitrogens with zero attached hydrogens (tertiary/aromatic N) is 4. The Kier molecular flexibility index (Phi) is 6.21. The molecule has 0 spiro atoms. The first-order valence-corrected chi connectivity index (χ1v) is 9.81. The SMILES string of the molecule is Cc1ccc(O)c(N=Cc2c(C)c(C#N)c(=O)n(CCCN3CCCC3=O)c2O)c1. The van der Waals surface area contributed by atoms with Crippen LogP contribution in [0.3, 0.4) is 0 Å². The molecule has 2 aromatic rings. The lowest BCUT2D eigenvalue weighted by Crippen LogP contribution is -2.29. The Bertz CT molecular complexity index is 1110. The predicted molar refractivity (Wildman–Crippen MR) is 112 cm³/mol. The van der Waals surface area contributed by atoms with Crippen molar-refractivity contribution in [3.8, 4) is 17.7 Å². The Labute approximate surface area is 174 Å². The number of aryl methyl sites for hydroxylation is 1. The minimum absolute atomic E-state index is 0.0156. The van der Waals surface area contributed by atoms with Gasteiger partial charge in [0.15, 0.2) is 0 Å². The summed E-state index contributed by atoms with van der Waals surface area (Å²) in [6, 6.07) is 6.87. The van der Waals surface area contributed by atoms with Crippen molar-refractivity contribution >= 4 is 17.8 Å². The number of benzene rings is 1. The van der Waals surface area contributed by atoms with Gasteiger partial charge in [-0.25, -0.2) is 0 Å². The average molecular weight is 408 g/mol. The van der Waals surface area contributed by atoms with Gasteiger partial charge in [0.1, 0.15) is 23.1 Å². The summed E-state index contributed by atoms with van der Waals surface area (Å²) >= 11 is 0. The number of carbonyl (C=O) groups is 1. The minimum Gasteiger partial charge on any atom is -0.506 e. The second-order valence-corrected chi connectivity index (χ2v) is 7.39. The fourth-order valence-corrected chi connectivity index (χ4v) is 3.56. The Morgan fingerprint density at radius 3 is 2.67 bits per heavy atom. The summed E-state index contributed by atoms with van der Waals surface area (Å²) in [4.78, 5) is 30.4. The largest absolute Gasteiger partial charge is 0.506 e. The van der Waals surface area contributed by atoms with E-state index in [9.17, 15) is 25.1 Å². The number of phenols is 1. The maximum Gasteiger partial charge on any atom is 0.271 e. The molecule has 1 amide bonds. The first-order valence-electron chi connectivity index (χ1n) is 9.81. The molecule has 8 heteroatoms. The van der Waals surface area contributed by atoms with Gasteiger partial charge in [0.25, 0.3) is 5.56 Å². The van der Waals surface area contributed by atoms with Gasteiger partial charge < -0.3 is 15.1 Å². The second-order valence-electron chi connectivity index (χ2n) is 7.39. The smallest absolute Gasteiger partial charge is 0.271 e. The molecule has 0 aliphatic carbocycles. The maximum atomic E-state index is 12.7. The molecule has 30 heavy (non-hydrogen) atoms. The van der Waals surface area contributed by atoms with Crippen molar-refractivity contribution in [1.82, 2.24) is 9.47 Å². The van der Waals surface area contributed by atoms with E-state index < -0.39 is 5.56 Å². The van der Waals surface area contributed by atoms with E-state index in [1.807, 2.05) is 13.0 Å². The van der Waals surface area contributed by atoms with E-state index in [1.165, 1.54) is 12.3 Å². The van der Waals surface area contributed by atoms with E-state index in [-0.39, 0.29) is 35.2 Å². The molecule has 1 aromatic heterocycles. The lowest BCUT2D eigenvalue weighted by atomic mass is 10.1. The molecule has 1 aliphatic rings. The second kappa shape index (κ2) is 8.82. The monoisotopic (exact) mass is 408 g/mol. The minimum atomic E-state index is -0.573. The molecule has 3 rings (SSSR count). The van der Waals surface area contributed by atoms with Crippen molar-refractivity contribution in [2.24, 2.45) is 4.99 Å². The Hall–Kier alpha value is -3.60. The highest BCUT2D eigenvalue weighted by atomic mass is 16.3. The molecule has 0 saturated carbocycles. The van der Waals surface area contributed by atoms with Gasteiger partial charge >= 0.3 is 0 Å². The van der Waals surface area contributed by atoms with Crippen LogP contribution < -0.4 is 5.56 Å². The number of pyridine rings is 1. The average Bonchev–Trinajstić information content (AvgIpc) is 3.12. The third-order valence-electron chi connectivity index (χ3n) is 5.29. The lowest BCUT2D eigenvalue weighted by molar-refractivity contribution is -0.127. The van der Waals surface area contributed by atoms with Crippen LogP contribution in [0.1, 0.15) is 41.5 Å². The van der Waals surface area contributed by atoms with Crippen LogP contribution >= 0.6 is 0 Å². The lowest BCUT2D eigenvalue weighted by Gasteiger charge is -2.17. The third-order valence-corrected chi connectivity index (χ3v) is 5.29. The zero-order chi connectivity index (χ0) is 21.8. The van der Waals surface area contributed by atoms with Crippen LogP contribution in [0.2, 0.25) is 0 Å². The number of amides is 1. The van der Waals surface area contributed by atoms with E-state index >= 15 is 0 Å². The number of aliphatic imine (C=N–C) groups is 1. The van der Waals surface area contributed by atoms with E-state index in [2.05, 4.69) is 4.99 Å². The molecule has 8 nitrogen and oxygen atoms in total. The normalized spacial score (nSPS) is 13.9. The van der Waals surface area contributed by atoms with Crippen LogP contribution in [0, 0.1) is 25.2 Å². The number of nitriles is 1. The molecule has 1 aliphatic heterocycles. The van der Waals surface area contributed by atoms with E-state index in [1.54, 1.807) is 24.0 Å². The van der Waals surface area contributed by atoms with Crippen molar-refractivity contribution in [1.29, 1.82) is 5.26 Å². The summed E-state index contributed by atoms with van der Waals surface area (Å²) in [6.07, 6.45) is 3.20. The molecule has 0 bridgehead atoms. The predicted octanol–water partition coefficient (Wildman–Crippen LogP) is 2.51. The molecule has 0 unspecified atom stereocenters. The fourth-order valence-electron chi connectivity index (χ4n) is 3.56. The zero-order valence-corrected chi connectivity index (χ0v) is 17.1. The standard InChI is InChI=1S/C22H24N4O4/c1-14-6-7-19(27)18(11-14)24-13-17-15(2)16(12-23)21(29)26(22(17)30)10-4-9-25-8-3-5-20(25)28/h6-7,11,13,27,30H,3-5,8-10H2,1-2H3. The number of hydrogen-bond donors (Lipinski definition) is 2. The van der Waals surface area contributed by atoms with Crippen LogP contribution in [-0.4, -0.2) is 44.9 Å². The van der Waals surface area contributed by atoms with E-state index in [4.69, 9.17) is 0 Å². The first kappa shape index (κ1) is 21.1. The van der Waals surface area contributed by atoms with Gasteiger partial charge in [-0.05, 0) is 49.9 Å². The Morgan fingerprint density at radius 1 is 1.23 bits per heavy atom. The molecule has 0 atom stereocenters. The summed E-state index contributed by atoms with van der Waals surface area (Å²) in [5.74, 6) is -0.211. The van der Waals surface area contributed by atoms with Gasteiger partial charge in [-0.2, -0.15) is 5.26 Å². The van der Waals surface area contributed by atoms with Crippen LogP contribution in [0.15, 0.2) is 28.0 Å². The van der Waals surface area contributed by atoms with Gasteiger partial charge in [-0.15, -0.1) is 0 Å². The highest BCUT2D eigenvalue weighted by Crippen LogP contribution is 2.28. The number of aromatic hydroxyl groups is 2. The topological polar surface area (TPSA) is 119 Å². The zero-order valence-electron chi connectivity index (χ0n) is 17.1. The van der Waals surface area contributed by atoms with Crippen LogP contribution in [-0.2, 0) is 11.3 Å². The summed E-state index contributed by atoms with van der Waals surface area (Å²) in [7, 11) is 0. The quantitative estimate of drug-likeness (QED) is 0.712. The highest BCUT2D eigenvalue weighted by molar-refractivity contribution is 5.88. The Morgan fingerprint density at radius 2 is 2.00 bits per heavy atom. The molecule has 0 radical (unpaired) electrons. The fraction of sp³-hybridized carbons (Fsp3) is 0.364. The molecule has 2 heterocycles. The van der Waals surface area contributed by atoms with Gasteiger partial charge in [0.2, 0.25) is 11.8 Å². The summed E-state index contributed by atoms with van der Waals surface area (Å²) < 4.78 is 1.14. The number of carbonyl (C=O) groups excluding carboxylic acids is 1. The highest BCUT2D eigenvalue weighted by Gasteiger charge is 2.21. The molecule has 156 valence electrons. The molecule has 1 saturated heterocycles. The van der Waals surface area contributed by atoms with E-state index in [0.29, 0.717) is 37.2 Å². The van der Waals surface area contributed by atoms with Crippen molar-refractivity contribution in [2.45, 2.75) is 39.7 Å². The molecular weight excluding hydrogens is 384 g/mol. The van der Waals surface area contributed by atoms with Crippen LogP contribution in [0.4, 0.5) is 5.69 Å². The summed E-state index contributed by atoms with van der Waals surface area (Å²) in [5.41, 5.74) is 1.14. The number of aromatic nitrogens is 1. The van der Waals surface area contributed by atoms with Crippen molar-refractivity contribution < 1.29 is 15.0 Å². The van der Waals surface area contributed by atoms with Crippen LogP contribution in [0.25, 0.3) is 0 Å². The van der Waals surface area contributed by atoms with E-state index in [0.717, 1.165) is 16.6 Å². The third kappa shape index (κ3) is 4.20. The van der Waals surface area contributed by atoms with Gasteiger partial charge in [0.05, 0.1) is 5.56 Å². The maximum absolute atomic E-state index is 12.7. The van der Waals surface area contributed by atoms with Gasteiger partial charge in [0, 0.05) is 32.3 Å². The molecule has 2 N–H and O–H groups in total. The molecule has 1 fully saturated rings. The van der Waals surface area contributed by atoms with Crippen molar-refractivity contribution in [3.05, 3.63) is 50.8 Å².